The number of pyridine rings is 3. The van der Waals surface area contributed by atoms with Gasteiger partial charge in [0.1, 0.15) is 11.4 Å². The fraction of sp³-hybridized carbons (Fsp3) is 0.281. The van der Waals surface area contributed by atoms with Crippen molar-refractivity contribution in [3.05, 3.63) is 89.7 Å². The molecule has 0 saturated carbocycles. The fourth-order valence-corrected chi connectivity index (χ4v) is 3.85. The zero-order valence-electron chi connectivity index (χ0n) is 22.6. The van der Waals surface area contributed by atoms with Crippen LogP contribution in [0.15, 0.2) is 72.8 Å². The second-order valence-electron chi connectivity index (χ2n) is 9.29. The molecule has 0 aliphatic heterocycles. The lowest BCUT2D eigenvalue weighted by Crippen LogP contribution is -2.09. The van der Waals surface area contributed by atoms with E-state index in [1.807, 2.05) is 69.3 Å². The minimum atomic E-state index is -0.462. The lowest BCUT2D eigenvalue weighted by Gasteiger charge is -2.11. The molecule has 200 valence electrons. The van der Waals surface area contributed by atoms with Gasteiger partial charge in [0.05, 0.1) is 36.0 Å². The molecule has 0 atom stereocenters. The van der Waals surface area contributed by atoms with Crippen molar-refractivity contribution in [2.75, 3.05) is 13.2 Å². The van der Waals surface area contributed by atoms with Crippen LogP contribution >= 0.6 is 0 Å². The molecule has 3 heterocycles. The molecular formula is C32H33N3O4. The molecule has 0 radical (unpaired) electrons. The van der Waals surface area contributed by atoms with Crippen LogP contribution in [-0.2, 0) is 9.47 Å². The first-order valence-corrected chi connectivity index (χ1v) is 13.4. The molecular weight excluding hydrogens is 490 g/mol. The van der Waals surface area contributed by atoms with Crippen LogP contribution in [-0.4, -0.2) is 40.1 Å². The van der Waals surface area contributed by atoms with Gasteiger partial charge < -0.3 is 9.47 Å². The molecule has 0 spiro atoms. The Labute approximate surface area is 229 Å². The van der Waals surface area contributed by atoms with E-state index in [9.17, 15) is 9.59 Å². The van der Waals surface area contributed by atoms with Crippen molar-refractivity contribution in [2.45, 2.75) is 46.5 Å². The first-order chi connectivity index (χ1) is 19.0. The van der Waals surface area contributed by atoms with Crippen LogP contribution < -0.4 is 0 Å². The molecule has 0 amide bonds. The van der Waals surface area contributed by atoms with E-state index < -0.39 is 11.9 Å². The SMILES string of the molecule is CCCCOC(=O)c1cccc(-c2cc(-c3ccc(C)cc3)cc(-c3cccc(C(=O)OCCCC)n3)n2)n1. The molecule has 0 aliphatic rings. The molecule has 7 heteroatoms. The Morgan fingerprint density at radius 1 is 0.615 bits per heavy atom. The van der Waals surface area contributed by atoms with Crippen molar-refractivity contribution in [2.24, 2.45) is 0 Å². The van der Waals surface area contributed by atoms with E-state index in [4.69, 9.17) is 14.5 Å². The van der Waals surface area contributed by atoms with Crippen LogP contribution in [0.5, 0.6) is 0 Å². The van der Waals surface area contributed by atoms with Crippen LogP contribution in [0.1, 0.15) is 66.1 Å². The number of hydrogen-bond acceptors (Lipinski definition) is 7. The van der Waals surface area contributed by atoms with Crippen molar-refractivity contribution in [1.82, 2.24) is 15.0 Å². The molecule has 0 saturated heterocycles. The number of carbonyl (C=O) groups excluding carboxylic acids is 2. The molecule has 3 aromatic heterocycles. The minimum absolute atomic E-state index is 0.225. The summed E-state index contributed by atoms with van der Waals surface area (Å²) in [4.78, 5) is 39.1. The summed E-state index contributed by atoms with van der Waals surface area (Å²) in [6, 6.07) is 22.5. The average molecular weight is 524 g/mol. The number of esters is 2. The van der Waals surface area contributed by atoms with E-state index in [1.54, 1.807) is 24.3 Å². The summed E-state index contributed by atoms with van der Waals surface area (Å²) >= 11 is 0. The van der Waals surface area contributed by atoms with Crippen LogP contribution in [0.3, 0.4) is 0 Å². The van der Waals surface area contributed by atoms with Gasteiger partial charge in [0.25, 0.3) is 0 Å². The molecule has 1 aromatic carbocycles. The monoisotopic (exact) mass is 523 g/mol. The van der Waals surface area contributed by atoms with Crippen molar-refractivity contribution >= 4 is 11.9 Å². The summed E-state index contributed by atoms with van der Waals surface area (Å²) in [7, 11) is 0. The normalized spacial score (nSPS) is 10.7. The Hall–Kier alpha value is -4.39. The topological polar surface area (TPSA) is 91.3 Å². The molecule has 4 aromatic rings. The van der Waals surface area contributed by atoms with Crippen LogP contribution in [0.2, 0.25) is 0 Å². The lowest BCUT2D eigenvalue weighted by molar-refractivity contribution is 0.0484. The van der Waals surface area contributed by atoms with Gasteiger partial charge in [0.2, 0.25) is 0 Å². The largest absolute Gasteiger partial charge is 0.461 e. The third kappa shape index (κ3) is 7.35. The van der Waals surface area contributed by atoms with E-state index in [2.05, 4.69) is 9.97 Å². The van der Waals surface area contributed by atoms with E-state index in [-0.39, 0.29) is 11.4 Å². The number of aromatic nitrogens is 3. The Balaban J connectivity index is 1.74. The van der Waals surface area contributed by atoms with Gasteiger partial charge in [-0.15, -0.1) is 0 Å². The molecule has 4 rings (SSSR count). The second kappa shape index (κ2) is 13.4. The third-order valence-electron chi connectivity index (χ3n) is 6.11. The van der Waals surface area contributed by atoms with Crippen molar-refractivity contribution in [3.8, 4) is 33.9 Å². The molecule has 0 unspecified atom stereocenters. The van der Waals surface area contributed by atoms with E-state index in [1.165, 1.54) is 0 Å². The van der Waals surface area contributed by atoms with Gasteiger partial charge >= 0.3 is 11.9 Å². The van der Waals surface area contributed by atoms with E-state index in [0.717, 1.165) is 42.4 Å². The Morgan fingerprint density at radius 3 is 1.56 bits per heavy atom. The quantitative estimate of drug-likeness (QED) is 0.153. The zero-order valence-corrected chi connectivity index (χ0v) is 22.6. The highest BCUT2D eigenvalue weighted by atomic mass is 16.5. The third-order valence-corrected chi connectivity index (χ3v) is 6.11. The number of benzene rings is 1. The van der Waals surface area contributed by atoms with E-state index in [0.29, 0.717) is 36.0 Å². The van der Waals surface area contributed by atoms with Crippen LogP contribution in [0.25, 0.3) is 33.9 Å². The highest BCUT2D eigenvalue weighted by molar-refractivity contribution is 5.89. The summed E-state index contributed by atoms with van der Waals surface area (Å²) in [5, 5.41) is 0. The summed E-state index contributed by atoms with van der Waals surface area (Å²) in [5.41, 5.74) is 5.72. The standard InChI is InChI=1S/C32H33N3O4/c1-4-6-18-38-31(36)27-12-8-10-25(33-27)29-20-24(23-16-14-22(3)15-17-23)21-30(35-29)26-11-9-13-28(34-26)32(37)39-19-7-5-2/h8-17,20-21H,4-7,18-19H2,1-3H3. The highest BCUT2D eigenvalue weighted by Crippen LogP contribution is 2.29. The van der Waals surface area contributed by atoms with Gasteiger partial charge in [-0.1, -0.05) is 68.7 Å². The smallest absolute Gasteiger partial charge is 0.356 e. The predicted molar refractivity (Wildman–Crippen MR) is 151 cm³/mol. The van der Waals surface area contributed by atoms with Gasteiger partial charge in [0.15, 0.2) is 0 Å². The van der Waals surface area contributed by atoms with Gasteiger partial charge in [0, 0.05) is 0 Å². The molecule has 7 nitrogen and oxygen atoms in total. The summed E-state index contributed by atoms with van der Waals surface area (Å²) in [6.45, 7) is 6.83. The second-order valence-corrected chi connectivity index (χ2v) is 9.29. The van der Waals surface area contributed by atoms with Crippen LogP contribution in [0, 0.1) is 6.92 Å². The first-order valence-electron chi connectivity index (χ1n) is 13.4. The van der Waals surface area contributed by atoms with Crippen LogP contribution in [0.4, 0.5) is 0 Å². The van der Waals surface area contributed by atoms with Gasteiger partial charge in [-0.2, -0.15) is 0 Å². The summed E-state index contributed by atoms with van der Waals surface area (Å²) in [6.07, 6.45) is 3.47. The van der Waals surface area contributed by atoms with Gasteiger partial charge in [-0.25, -0.2) is 24.5 Å². The molecule has 0 aliphatic carbocycles. The summed E-state index contributed by atoms with van der Waals surface area (Å²) in [5.74, 6) is -0.924. The number of ether oxygens (including phenoxy) is 2. The maximum Gasteiger partial charge on any atom is 0.356 e. The maximum absolute atomic E-state index is 12.5. The number of aryl methyl sites for hydroxylation is 1. The lowest BCUT2D eigenvalue weighted by atomic mass is 10.0. The molecule has 0 bridgehead atoms. The van der Waals surface area contributed by atoms with Gasteiger partial charge in [-0.05, 0) is 67.3 Å². The number of nitrogens with zero attached hydrogens (tertiary/aromatic N) is 3. The fourth-order valence-electron chi connectivity index (χ4n) is 3.85. The Kier molecular flexibility index (Phi) is 9.51. The number of hydrogen-bond donors (Lipinski definition) is 0. The number of rotatable bonds is 11. The molecule has 39 heavy (non-hydrogen) atoms. The number of unbranched alkanes of at least 4 members (excludes halogenated alkanes) is 2. The van der Waals surface area contributed by atoms with Crippen molar-refractivity contribution < 1.29 is 19.1 Å². The Morgan fingerprint density at radius 2 is 1.10 bits per heavy atom. The molecule has 0 N–H and O–H groups in total. The number of carbonyl (C=O) groups is 2. The molecule has 0 fully saturated rings. The average Bonchev–Trinajstić information content (AvgIpc) is 2.97. The minimum Gasteiger partial charge on any atom is -0.461 e. The maximum atomic E-state index is 12.5. The predicted octanol–water partition coefficient (Wildman–Crippen LogP) is 7.09. The van der Waals surface area contributed by atoms with Crippen molar-refractivity contribution in [1.29, 1.82) is 0 Å². The highest BCUT2D eigenvalue weighted by Gasteiger charge is 2.16. The first kappa shape index (κ1) is 27.6. The zero-order chi connectivity index (χ0) is 27.6. The summed E-state index contributed by atoms with van der Waals surface area (Å²) < 4.78 is 10.7. The van der Waals surface area contributed by atoms with E-state index >= 15 is 0 Å². The van der Waals surface area contributed by atoms with Crippen molar-refractivity contribution in [3.63, 3.8) is 0 Å². The Bertz CT molecular complexity index is 1350. The van der Waals surface area contributed by atoms with Gasteiger partial charge in [-0.3, -0.25) is 0 Å².